The lowest BCUT2D eigenvalue weighted by molar-refractivity contribution is -0.384. The van der Waals surface area contributed by atoms with Gasteiger partial charge in [0.25, 0.3) is 11.6 Å². The van der Waals surface area contributed by atoms with Gasteiger partial charge in [-0.15, -0.1) is 0 Å². The lowest BCUT2D eigenvalue weighted by Crippen LogP contribution is -2.21. The normalized spacial score (nSPS) is 14.6. The molecule has 1 amide bonds. The second-order valence-electron chi connectivity index (χ2n) is 6.70. The Morgan fingerprint density at radius 3 is 2.16 bits per heavy atom. The third-order valence-electron chi connectivity index (χ3n) is 4.74. The highest BCUT2D eigenvalue weighted by molar-refractivity contribution is 6.32. The molecule has 0 atom stereocenters. The Hall–Kier alpha value is -3.88. The first kappa shape index (κ1) is 21.8. The van der Waals surface area contributed by atoms with Crippen molar-refractivity contribution in [2.75, 3.05) is 26.3 Å². The molecule has 0 radical (unpaired) electrons. The summed E-state index contributed by atoms with van der Waals surface area (Å²) in [5.41, 5.74) is 2.17. The fourth-order valence-electron chi connectivity index (χ4n) is 3.27. The summed E-state index contributed by atoms with van der Waals surface area (Å²) >= 11 is 0. The van der Waals surface area contributed by atoms with Crippen molar-refractivity contribution in [2.45, 2.75) is 19.8 Å². The van der Waals surface area contributed by atoms with Crippen molar-refractivity contribution in [3.63, 3.8) is 0 Å². The highest BCUT2D eigenvalue weighted by Crippen LogP contribution is 2.39. The van der Waals surface area contributed by atoms with Crippen LogP contribution in [0.5, 0.6) is 17.2 Å². The van der Waals surface area contributed by atoms with Crippen LogP contribution in [0.2, 0.25) is 0 Å². The lowest BCUT2D eigenvalue weighted by Gasteiger charge is -2.13. The number of hydrogen-bond donors (Lipinski definition) is 0. The smallest absolute Gasteiger partial charge is 0.280 e. The Kier molecular flexibility index (Phi) is 6.54. The molecular formula is C22H23N3O6. The van der Waals surface area contributed by atoms with E-state index in [1.807, 2.05) is 6.92 Å². The number of nitro groups is 1. The van der Waals surface area contributed by atoms with E-state index in [0.29, 0.717) is 46.2 Å². The van der Waals surface area contributed by atoms with Gasteiger partial charge in [0.2, 0.25) is 5.75 Å². The molecular weight excluding hydrogens is 402 g/mol. The molecule has 2 aromatic rings. The molecule has 1 aliphatic rings. The molecule has 0 bridgehead atoms. The number of rotatable bonds is 8. The molecule has 162 valence electrons. The average Bonchev–Trinajstić information content (AvgIpc) is 3.08. The van der Waals surface area contributed by atoms with Crippen molar-refractivity contribution in [2.24, 2.45) is 5.10 Å². The fraction of sp³-hybridized carbons (Fsp3) is 0.273. The van der Waals surface area contributed by atoms with Crippen LogP contribution in [-0.2, 0) is 4.79 Å². The molecule has 0 saturated carbocycles. The summed E-state index contributed by atoms with van der Waals surface area (Å²) in [5.74, 6) is 1.09. The molecule has 0 spiro atoms. The molecule has 0 fully saturated rings. The predicted octanol–water partition coefficient (Wildman–Crippen LogP) is 4.21. The van der Waals surface area contributed by atoms with E-state index in [1.165, 1.54) is 50.6 Å². The Balaban J connectivity index is 2.02. The molecule has 31 heavy (non-hydrogen) atoms. The van der Waals surface area contributed by atoms with Gasteiger partial charge in [-0.25, -0.2) is 0 Å². The third-order valence-corrected chi connectivity index (χ3v) is 4.74. The molecule has 0 saturated heterocycles. The largest absolute Gasteiger partial charge is 0.493 e. The number of anilines is 1. The first-order valence-corrected chi connectivity index (χ1v) is 9.61. The second-order valence-corrected chi connectivity index (χ2v) is 6.70. The highest BCUT2D eigenvalue weighted by atomic mass is 16.6. The van der Waals surface area contributed by atoms with E-state index in [1.54, 1.807) is 18.2 Å². The first-order valence-electron chi connectivity index (χ1n) is 9.61. The zero-order valence-electron chi connectivity index (χ0n) is 17.7. The summed E-state index contributed by atoms with van der Waals surface area (Å²) in [6.07, 6.45) is 3.13. The Morgan fingerprint density at radius 1 is 1.06 bits per heavy atom. The van der Waals surface area contributed by atoms with Gasteiger partial charge in [0.15, 0.2) is 11.5 Å². The van der Waals surface area contributed by atoms with Crippen molar-refractivity contribution in [3.05, 3.63) is 57.6 Å². The van der Waals surface area contributed by atoms with E-state index >= 15 is 0 Å². The molecule has 9 heteroatoms. The number of carbonyl (C=O) groups is 1. The van der Waals surface area contributed by atoms with E-state index < -0.39 is 4.92 Å². The Labute approximate surface area is 179 Å². The molecule has 1 aliphatic heterocycles. The van der Waals surface area contributed by atoms with Gasteiger partial charge in [0.05, 0.1) is 43.2 Å². The first-order chi connectivity index (χ1) is 14.9. The minimum absolute atomic E-state index is 0.0543. The third kappa shape index (κ3) is 4.35. The number of amides is 1. The van der Waals surface area contributed by atoms with Crippen LogP contribution < -0.4 is 19.2 Å². The standard InChI is InChI=1S/C22H23N3O6/c1-5-6-18-17(11-14-12-19(29-2)21(31-4)20(13-14)30-3)22(26)24(23-18)15-7-9-16(10-8-15)25(27)28/h7-13H,5-6H2,1-4H3/b17-11-. The summed E-state index contributed by atoms with van der Waals surface area (Å²) in [5, 5.41) is 16.6. The van der Waals surface area contributed by atoms with E-state index in [-0.39, 0.29) is 11.6 Å². The minimum atomic E-state index is -0.489. The number of methoxy groups -OCH3 is 3. The average molecular weight is 425 g/mol. The molecule has 0 unspecified atom stereocenters. The van der Waals surface area contributed by atoms with Crippen LogP contribution in [0.3, 0.4) is 0 Å². The van der Waals surface area contributed by atoms with E-state index in [0.717, 1.165) is 6.42 Å². The molecule has 9 nitrogen and oxygen atoms in total. The van der Waals surface area contributed by atoms with Crippen LogP contribution in [0.4, 0.5) is 11.4 Å². The highest BCUT2D eigenvalue weighted by Gasteiger charge is 2.31. The number of nitrogens with zero attached hydrogens (tertiary/aromatic N) is 3. The molecule has 3 rings (SSSR count). The number of ether oxygens (including phenoxy) is 3. The monoisotopic (exact) mass is 425 g/mol. The van der Waals surface area contributed by atoms with E-state index in [9.17, 15) is 14.9 Å². The van der Waals surface area contributed by atoms with Gasteiger partial charge in [-0.05, 0) is 42.3 Å². The summed E-state index contributed by atoms with van der Waals surface area (Å²) in [6, 6.07) is 9.20. The summed E-state index contributed by atoms with van der Waals surface area (Å²) < 4.78 is 16.1. The van der Waals surface area contributed by atoms with Crippen molar-refractivity contribution in [1.29, 1.82) is 0 Å². The number of benzene rings is 2. The van der Waals surface area contributed by atoms with Gasteiger partial charge in [-0.2, -0.15) is 10.1 Å². The maximum Gasteiger partial charge on any atom is 0.280 e. The summed E-state index contributed by atoms with van der Waals surface area (Å²) in [6.45, 7) is 2.00. The maximum atomic E-state index is 13.2. The maximum absolute atomic E-state index is 13.2. The molecule has 2 aromatic carbocycles. The number of hydrogen-bond acceptors (Lipinski definition) is 7. The van der Waals surface area contributed by atoms with Gasteiger partial charge >= 0.3 is 0 Å². The van der Waals surface area contributed by atoms with Crippen LogP contribution in [0.25, 0.3) is 6.08 Å². The SMILES string of the molecule is CCCC1=NN(c2ccc([N+](=O)[O-])cc2)C(=O)/C1=C\c1cc(OC)c(OC)c(OC)c1. The van der Waals surface area contributed by atoms with Gasteiger partial charge < -0.3 is 14.2 Å². The van der Waals surface area contributed by atoms with Crippen LogP contribution in [0.15, 0.2) is 47.1 Å². The van der Waals surface area contributed by atoms with Crippen molar-refractivity contribution in [3.8, 4) is 17.2 Å². The topological polar surface area (TPSA) is 104 Å². The van der Waals surface area contributed by atoms with Gasteiger partial charge in [-0.1, -0.05) is 13.3 Å². The zero-order valence-corrected chi connectivity index (χ0v) is 17.7. The Morgan fingerprint density at radius 2 is 1.68 bits per heavy atom. The quantitative estimate of drug-likeness (QED) is 0.357. The molecule has 1 heterocycles. The zero-order chi connectivity index (χ0) is 22.5. The number of carbonyl (C=O) groups excluding carboxylic acids is 1. The molecule has 0 aliphatic carbocycles. The van der Waals surface area contributed by atoms with Crippen LogP contribution >= 0.6 is 0 Å². The van der Waals surface area contributed by atoms with Crippen molar-refractivity contribution < 1.29 is 23.9 Å². The predicted molar refractivity (Wildman–Crippen MR) is 117 cm³/mol. The van der Waals surface area contributed by atoms with Gasteiger partial charge in [0.1, 0.15) is 0 Å². The fourth-order valence-corrected chi connectivity index (χ4v) is 3.27. The van der Waals surface area contributed by atoms with E-state index in [4.69, 9.17) is 14.2 Å². The summed E-state index contributed by atoms with van der Waals surface area (Å²) in [7, 11) is 4.57. The number of non-ortho nitro benzene ring substituents is 1. The molecule has 0 aromatic heterocycles. The lowest BCUT2D eigenvalue weighted by atomic mass is 10.0. The Bertz CT molecular complexity index is 1030. The van der Waals surface area contributed by atoms with Crippen LogP contribution in [0, 0.1) is 10.1 Å². The van der Waals surface area contributed by atoms with Gasteiger partial charge in [-0.3, -0.25) is 14.9 Å². The molecule has 0 N–H and O–H groups in total. The second kappa shape index (κ2) is 9.29. The van der Waals surface area contributed by atoms with Crippen molar-refractivity contribution >= 4 is 29.1 Å². The van der Waals surface area contributed by atoms with Crippen LogP contribution in [-0.4, -0.2) is 37.9 Å². The number of hydrazone groups is 1. The minimum Gasteiger partial charge on any atom is -0.493 e. The summed E-state index contributed by atoms with van der Waals surface area (Å²) in [4.78, 5) is 23.6. The number of nitro benzene ring substituents is 1. The van der Waals surface area contributed by atoms with E-state index in [2.05, 4.69) is 5.10 Å². The van der Waals surface area contributed by atoms with Crippen molar-refractivity contribution in [1.82, 2.24) is 0 Å². The van der Waals surface area contributed by atoms with Gasteiger partial charge in [0, 0.05) is 12.1 Å². The van der Waals surface area contributed by atoms with Crippen LogP contribution in [0.1, 0.15) is 25.3 Å².